The maximum Gasteiger partial charge on any atom is 0.168 e. The molecule has 3 aromatic rings. The monoisotopic (exact) mass is 365 g/mol. The van der Waals surface area contributed by atoms with Crippen LogP contribution in [-0.4, -0.2) is 19.6 Å². The topological polar surface area (TPSA) is 46.4 Å². The fraction of sp³-hybridized carbons (Fsp3) is 0.235. The SMILES string of the molecule is CC(C)CS(=O)Nc1nn2ccc(Cl)cc2c1-c1ccc(F)cc1. The van der Waals surface area contributed by atoms with Crippen molar-refractivity contribution in [2.75, 3.05) is 10.5 Å². The second-order valence-electron chi connectivity index (χ2n) is 5.91. The third-order valence-electron chi connectivity index (χ3n) is 3.43. The van der Waals surface area contributed by atoms with E-state index in [1.807, 2.05) is 13.8 Å². The van der Waals surface area contributed by atoms with Gasteiger partial charge >= 0.3 is 0 Å². The van der Waals surface area contributed by atoms with Gasteiger partial charge in [0.1, 0.15) is 16.8 Å². The zero-order valence-corrected chi connectivity index (χ0v) is 14.9. The zero-order chi connectivity index (χ0) is 17.3. The Kier molecular flexibility index (Phi) is 4.87. The summed E-state index contributed by atoms with van der Waals surface area (Å²) in [7, 11) is -1.25. The Morgan fingerprint density at radius 3 is 2.67 bits per heavy atom. The largest absolute Gasteiger partial charge is 0.287 e. The molecule has 1 aromatic carbocycles. The minimum Gasteiger partial charge on any atom is -0.287 e. The molecule has 4 nitrogen and oxygen atoms in total. The van der Waals surface area contributed by atoms with E-state index in [1.165, 1.54) is 12.1 Å². The Morgan fingerprint density at radius 1 is 1.29 bits per heavy atom. The second-order valence-corrected chi connectivity index (χ2v) is 7.58. The van der Waals surface area contributed by atoms with E-state index in [9.17, 15) is 8.60 Å². The highest BCUT2D eigenvalue weighted by molar-refractivity contribution is 7.86. The van der Waals surface area contributed by atoms with E-state index in [-0.39, 0.29) is 5.82 Å². The third-order valence-corrected chi connectivity index (χ3v) is 5.05. The first-order valence-corrected chi connectivity index (χ1v) is 9.22. The quantitative estimate of drug-likeness (QED) is 0.722. The summed E-state index contributed by atoms with van der Waals surface area (Å²) in [6, 6.07) is 9.62. The molecule has 0 radical (unpaired) electrons. The van der Waals surface area contributed by atoms with Crippen molar-refractivity contribution in [2.24, 2.45) is 5.92 Å². The summed E-state index contributed by atoms with van der Waals surface area (Å²) in [6.07, 6.45) is 1.74. The number of aromatic nitrogens is 2. The lowest BCUT2D eigenvalue weighted by molar-refractivity contribution is 0.628. The standard InChI is InChI=1S/C17H17ClFN3OS/c1-11(2)10-24(23)21-17-16(12-3-5-14(19)6-4-12)15-9-13(18)7-8-22(15)20-17/h3-9,11H,10H2,1-2H3,(H,20,21). The molecule has 1 N–H and O–H groups in total. The zero-order valence-electron chi connectivity index (χ0n) is 13.3. The van der Waals surface area contributed by atoms with Crippen molar-refractivity contribution < 1.29 is 8.60 Å². The van der Waals surface area contributed by atoms with Crippen LogP contribution in [0.15, 0.2) is 42.6 Å². The predicted molar refractivity (Wildman–Crippen MR) is 97.1 cm³/mol. The van der Waals surface area contributed by atoms with Gasteiger partial charge in [-0.05, 0) is 35.7 Å². The van der Waals surface area contributed by atoms with Crippen LogP contribution in [0.2, 0.25) is 5.02 Å². The van der Waals surface area contributed by atoms with Crippen molar-refractivity contribution in [3.05, 3.63) is 53.4 Å². The lowest BCUT2D eigenvalue weighted by Gasteiger charge is -2.08. The van der Waals surface area contributed by atoms with E-state index in [0.717, 1.165) is 16.6 Å². The average molecular weight is 366 g/mol. The van der Waals surface area contributed by atoms with Gasteiger partial charge in [-0.2, -0.15) is 0 Å². The number of anilines is 1. The first-order chi connectivity index (χ1) is 11.4. The molecule has 0 saturated heterocycles. The molecule has 1 atom stereocenters. The van der Waals surface area contributed by atoms with Crippen molar-refractivity contribution >= 4 is 33.9 Å². The number of hydrogen-bond acceptors (Lipinski definition) is 2. The molecule has 0 amide bonds. The van der Waals surface area contributed by atoms with E-state index in [4.69, 9.17) is 11.6 Å². The maximum atomic E-state index is 13.3. The van der Waals surface area contributed by atoms with Crippen LogP contribution in [0, 0.1) is 11.7 Å². The Morgan fingerprint density at radius 2 is 2.00 bits per heavy atom. The predicted octanol–water partition coefficient (Wildman–Crippen LogP) is 4.53. The van der Waals surface area contributed by atoms with Gasteiger partial charge in [0.05, 0.1) is 11.1 Å². The first kappa shape index (κ1) is 16.9. The summed E-state index contributed by atoms with van der Waals surface area (Å²) in [5, 5.41) is 5.03. The molecule has 0 bridgehead atoms. The Hall–Kier alpha value is -1.92. The van der Waals surface area contributed by atoms with E-state index in [0.29, 0.717) is 22.5 Å². The van der Waals surface area contributed by atoms with Gasteiger partial charge in [-0.15, -0.1) is 5.10 Å². The molecule has 1 unspecified atom stereocenters. The molecule has 3 rings (SSSR count). The molecule has 0 aliphatic rings. The molecule has 7 heteroatoms. The van der Waals surface area contributed by atoms with Gasteiger partial charge in [-0.3, -0.25) is 4.72 Å². The number of pyridine rings is 1. The summed E-state index contributed by atoms with van der Waals surface area (Å²) in [5.41, 5.74) is 2.28. The molecular formula is C17H17ClFN3OS. The average Bonchev–Trinajstić information content (AvgIpc) is 2.84. The Bertz CT molecular complexity index is 893. The minimum atomic E-state index is -1.25. The first-order valence-electron chi connectivity index (χ1n) is 7.53. The van der Waals surface area contributed by atoms with Crippen molar-refractivity contribution in [3.63, 3.8) is 0 Å². The molecule has 0 fully saturated rings. The highest BCUT2D eigenvalue weighted by atomic mass is 35.5. The van der Waals surface area contributed by atoms with Crippen LogP contribution in [0.3, 0.4) is 0 Å². The summed E-state index contributed by atoms with van der Waals surface area (Å²) in [6.45, 7) is 4.01. The van der Waals surface area contributed by atoms with Crippen LogP contribution >= 0.6 is 11.6 Å². The van der Waals surface area contributed by atoms with Crippen molar-refractivity contribution in [1.29, 1.82) is 0 Å². The fourth-order valence-corrected chi connectivity index (χ4v) is 3.65. The Labute approximate surface area is 147 Å². The lowest BCUT2D eigenvalue weighted by atomic mass is 10.1. The number of rotatable bonds is 5. The Balaban J connectivity index is 2.12. The number of nitrogens with one attached hydrogen (secondary N) is 1. The van der Waals surface area contributed by atoms with Crippen LogP contribution in [0.25, 0.3) is 16.6 Å². The maximum absolute atomic E-state index is 13.3. The smallest absolute Gasteiger partial charge is 0.168 e. The highest BCUT2D eigenvalue weighted by Crippen LogP contribution is 2.33. The van der Waals surface area contributed by atoms with Gasteiger partial charge in [0.15, 0.2) is 5.82 Å². The van der Waals surface area contributed by atoms with Gasteiger partial charge in [0.2, 0.25) is 0 Å². The number of nitrogens with zero attached hydrogens (tertiary/aromatic N) is 2. The van der Waals surface area contributed by atoms with E-state index < -0.39 is 11.0 Å². The molecule has 0 aliphatic carbocycles. The number of benzene rings is 1. The molecule has 0 spiro atoms. The summed E-state index contributed by atoms with van der Waals surface area (Å²) >= 11 is 6.11. The van der Waals surface area contributed by atoms with Gasteiger partial charge < -0.3 is 0 Å². The highest BCUT2D eigenvalue weighted by Gasteiger charge is 2.17. The van der Waals surface area contributed by atoms with Crippen LogP contribution < -0.4 is 4.72 Å². The van der Waals surface area contributed by atoms with E-state index >= 15 is 0 Å². The van der Waals surface area contributed by atoms with E-state index in [1.54, 1.807) is 35.0 Å². The molecule has 2 aromatic heterocycles. The molecule has 126 valence electrons. The van der Waals surface area contributed by atoms with Crippen LogP contribution in [0.4, 0.5) is 10.2 Å². The van der Waals surface area contributed by atoms with Gasteiger partial charge in [-0.1, -0.05) is 37.6 Å². The number of hydrogen-bond donors (Lipinski definition) is 1. The van der Waals surface area contributed by atoms with Crippen molar-refractivity contribution in [3.8, 4) is 11.1 Å². The third kappa shape index (κ3) is 3.60. The lowest BCUT2D eigenvalue weighted by Crippen LogP contribution is -2.13. The van der Waals surface area contributed by atoms with Crippen LogP contribution in [0.5, 0.6) is 0 Å². The molecule has 0 aliphatic heterocycles. The molecule has 2 heterocycles. The fourth-order valence-electron chi connectivity index (χ4n) is 2.44. The van der Waals surface area contributed by atoms with Crippen molar-refractivity contribution in [2.45, 2.75) is 13.8 Å². The van der Waals surface area contributed by atoms with Crippen molar-refractivity contribution in [1.82, 2.24) is 9.61 Å². The van der Waals surface area contributed by atoms with E-state index in [2.05, 4.69) is 9.82 Å². The summed E-state index contributed by atoms with van der Waals surface area (Å²) in [4.78, 5) is 0. The number of fused-ring (bicyclic) bond motifs is 1. The minimum absolute atomic E-state index is 0.291. The second kappa shape index (κ2) is 6.91. The molecule has 24 heavy (non-hydrogen) atoms. The van der Waals surface area contributed by atoms with Crippen LogP contribution in [0.1, 0.15) is 13.8 Å². The van der Waals surface area contributed by atoms with Gasteiger partial charge in [-0.25, -0.2) is 13.1 Å². The van der Waals surface area contributed by atoms with Gasteiger partial charge in [0.25, 0.3) is 0 Å². The van der Waals surface area contributed by atoms with Gasteiger partial charge in [0, 0.05) is 17.0 Å². The molecular weight excluding hydrogens is 349 g/mol. The molecule has 0 saturated carbocycles. The summed E-state index contributed by atoms with van der Waals surface area (Å²) < 4.78 is 30.2. The number of halogens is 2. The normalized spacial score (nSPS) is 12.7. The van der Waals surface area contributed by atoms with Crippen LogP contribution in [-0.2, 0) is 11.0 Å². The summed E-state index contributed by atoms with van der Waals surface area (Å²) in [5.74, 6) is 0.977.